The highest BCUT2D eigenvalue weighted by Crippen LogP contribution is 1.82. The molecule has 3 N–H and O–H groups in total. The van der Waals surface area contributed by atoms with Crippen molar-refractivity contribution < 1.29 is 14.4 Å². The molecule has 0 aromatic heterocycles. The van der Waals surface area contributed by atoms with E-state index < -0.39 is 5.91 Å². The molecule has 0 aliphatic carbocycles. The summed E-state index contributed by atoms with van der Waals surface area (Å²) in [5.41, 5.74) is 0. The van der Waals surface area contributed by atoms with Crippen LogP contribution in [0.15, 0.2) is 0 Å². The van der Waals surface area contributed by atoms with Crippen LogP contribution in [0.4, 0.5) is 0 Å². The molecule has 0 radical (unpaired) electrons. The lowest BCUT2D eigenvalue weighted by atomic mass is 10.4. The first-order chi connectivity index (χ1) is 7.60. The zero-order valence-electron chi connectivity index (χ0n) is 9.21. The van der Waals surface area contributed by atoms with E-state index in [9.17, 15) is 14.4 Å². The quantitative estimate of drug-likeness (QED) is 0.421. The number of nitrogens with one attached hydrogen (secondary N) is 3. The van der Waals surface area contributed by atoms with Crippen molar-refractivity contribution in [2.24, 2.45) is 0 Å². The Kier molecular flexibility index (Phi) is 8.32. The molecule has 0 saturated heterocycles. The second kappa shape index (κ2) is 9.02. The zero-order valence-corrected chi connectivity index (χ0v) is 10.1. The van der Waals surface area contributed by atoms with Gasteiger partial charge in [0.05, 0.1) is 13.1 Å². The van der Waals surface area contributed by atoms with Crippen LogP contribution in [-0.4, -0.2) is 43.1 Å². The summed E-state index contributed by atoms with van der Waals surface area (Å²) in [6.45, 7) is 2.12. The number of carbonyl (C=O) groups is 3. The summed E-state index contributed by atoms with van der Waals surface area (Å²) in [5.74, 6) is -0.439. The number of rotatable bonds is 7. The lowest BCUT2D eigenvalue weighted by Crippen LogP contribution is -2.41. The molecule has 0 spiro atoms. The van der Waals surface area contributed by atoms with E-state index >= 15 is 0 Å². The summed E-state index contributed by atoms with van der Waals surface area (Å²) >= 11 is 3.88. The normalized spacial score (nSPS) is 9.38. The van der Waals surface area contributed by atoms with E-state index in [0.29, 0.717) is 12.3 Å². The van der Waals surface area contributed by atoms with E-state index in [1.807, 2.05) is 0 Å². The molecule has 0 heterocycles. The van der Waals surface area contributed by atoms with Gasteiger partial charge in [-0.3, -0.25) is 14.4 Å². The van der Waals surface area contributed by atoms with Gasteiger partial charge in [-0.25, -0.2) is 0 Å². The maximum atomic E-state index is 11.1. The van der Waals surface area contributed by atoms with E-state index in [2.05, 4.69) is 28.6 Å². The van der Waals surface area contributed by atoms with Crippen molar-refractivity contribution in [1.82, 2.24) is 16.0 Å². The molecule has 0 bridgehead atoms. The van der Waals surface area contributed by atoms with Crippen molar-refractivity contribution in [1.29, 1.82) is 0 Å². The zero-order chi connectivity index (χ0) is 12.4. The summed E-state index contributed by atoms with van der Waals surface area (Å²) in [7, 11) is 0. The predicted octanol–water partition coefficient (Wildman–Crippen LogP) is -1.33. The van der Waals surface area contributed by atoms with E-state index in [1.54, 1.807) is 6.92 Å². The molecular formula is C9H17N3O3S. The van der Waals surface area contributed by atoms with Gasteiger partial charge >= 0.3 is 0 Å². The number of hydrogen-bond acceptors (Lipinski definition) is 4. The van der Waals surface area contributed by atoms with Gasteiger partial charge < -0.3 is 16.0 Å². The fourth-order valence-corrected chi connectivity index (χ4v) is 1.07. The van der Waals surface area contributed by atoms with Crippen LogP contribution < -0.4 is 16.0 Å². The molecule has 6 nitrogen and oxygen atoms in total. The van der Waals surface area contributed by atoms with Gasteiger partial charge in [-0.1, -0.05) is 0 Å². The number of carbonyl (C=O) groups excluding carboxylic acids is 3. The SMILES string of the molecule is CCNC(=O)CNC(=O)CNC(=O)CCS. The Morgan fingerprint density at radius 3 is 1.94 bits per heavy atom. The second-order valence-electron chi connectivity index (χ2n) is 2.98. The van der Waals surface area contributed by atoms with Crippen LogP contribution in [0.2, 0.25) is 0 Å². The molecule has 0 atom stereocenters. The van der Waals surface area contributed by atoms with Crippen LogP contribution in [0.1, 0.15) is 13.3 Å². The van der Waals surface area contributed by atoms with Gasteiger partial charge in [0.15, 0.2) is 0 Å². The first kappa shape index (κ1) is 14.8. The minimum Gasteiger partial charge on any atom is -0.355 e. The largest absolute Gasteiger partial charge is 0.355 e. The minimum absolute atomic E-state index is 0.0743. The first-order valence-electron chi connectivity index (χ1n) is 5.01. The van der Waals surface area contributed by atoms with E-state index in [4.69, 9.17) is 0 Å². The van der Waals surface area contributed by atoms with E-state index in [1.165, 1.54) is 0 Å². The van der Waals surface area contributed by atoms with Crippen LogP contribution in [0.3, 0.4) is 0 Å². The smallest absolute Gasteiger partial charge is 0.239 e. The Labute approximate surface area is 99.9 Å². The first-order valence-corrected chi connectivity index (χ1v) is 5.64. The van der Waals surface area contributed by atoms with Crippen molar-refractivity contribution in [3.63, 3.8) is 0 Å². The highest BCUT2D eigenvalue weighted by Gasteiger charge is 2.06. The van der Waals surface area contributed by atoms with Gasteiger partial charge in [0.2, 0.25) is 17.7 Å². The van der Waals surface area contributed by atoms with Crippen molar-refractivity contribution >= 4 is 30.4 Å². The van der Waals surface area contributed by atoms with Gasteiger partial charge in [0.1, 0.15) is 0 Å². The molecule has 0 rings (SSSR count). The minimum atomic E-state index is -0.390. The summed E-state index contributed by atoms with van der Waals surface area (Å²) in [4.78, 5) is 33.1. The average Bonchev–Trinajstić information content (AvgIpc) is 2.24. The number of likely N-dealkylation sites (N-methyl/N-ethyl adjacent to an activating group) is 1. The van der Waals surface area contributed by atoms with Crippen LogP contribution in [-0.2, 0) is 14.4 Å². The predicted molar refractivity (Wildman–Crippen MR) is 63.2 cm³/mol. The summed E-state index contributed by atoms with van der Waals surface area (Å²) < 4.78 is 0. The number of hydrogen-bond donors (Lipinski definition) is 4. The molecule has 0 saturated carbocycles. The standard InChI is InChI=1S/C9H17N3O3S/c1-2-10-8(14)5-12-9(15)6-11-7(13)3-4-16/h16H,2-6H2,1H3,(H,10,14)(H,11,13)(H,12,15). The molecule has 0 aliphatic rings. The van der Waals surface area contributed by atoms with Gasteiger partial charge in [-0.15, -0.1) is 0 Å². The number of amides is 3. The van der Waals surface area contributed by atoms with Crippen LogP contribution in [0.5, 0.6) is 0 Å². The second-order valence-corrected chi connectivity index (χ2v) is 3.43. The third-order valence-corrected chi connectivity index (χ3v) is 1.83. The molecule has 0 aromatic rings. The van der Waals surface area contributed by atoms with Crippen molar-refractivity contribution in [2.75, 3.05) is 25.4 Å². The molecule has 0 fully saturated rings. The van der Waals surface area contributed by atoms with Crippen molar-refractivity contribution in [2.45, 2.75) is 13.3 Å². The van der Waals surface area contributed by atoms with Crippen molar-refractivity contribution in [3.8, 4) is 0 Å². The monoisotopic (exact) mass is 247 g/mol. The Bertz CT molecular complexity index is 234. The molecule has 92 valence electrons. The maximum Gasteiger partial charge on any atom is 0.239 e. The molecule has 7 heteroatoms. The van der Waals surface area contributed by atoms with Crippen LogP contribution >= 0.6 is 12.6 Å². The molecule has 0 aliphatic heterocycles. The molecule has 0 aromatic carbocycles. The topological polar surface area (TPSA) is 87.3 Å². The highest BCUT2D eigenvalue weighted by atomic mass is 32.1. The molecular weight excluding hydrogens is 230 g/mol. The van der Waals surface area contributed by atoms with Gasteiger partial charge in [0.25, 0.3) is 0 Å². The van der Waals surface area contributed by atoms with Gasteiger partial charge in [-0.2, -0.15) is 12.6 Å². The molecule has 16 heavy (non-hydrogen) atoms. The Hall–Kier alpha value is -1.24. The highest BCUT2D eigenvalue weighted by molar-refractivity contribution is 7.80. The van der Waals surface area contributed by atoms with Crippen LogP contribution in [0.25, 0.3) is 0 Å². The maximum absolute atomic E-state index is 11.1. The third-order valence-electron chi connectivity index (χ3n) is 1.61. The Morgan fingerprint density at radius 1 is 0.938 bits per heavy atom. The van der Waals surface area contributed by atoms with Gasteiger partial charge in [-0.05, 0) is 12.7 Å². The fourth-order valence-electron chi connectivity index (χ4n) is 0.870. The summed E-state index contributed by atoms with van der Waals surface area (Å²) in [6.07, 6.45) is 0.271. The lowest BCUT2D eigenvalue weighted by molar-refractivity contribution is -0.127. The lowest BCUT2D eigenvalue weighted by Gasteiger charge is -2.06. The Balaban J connectivity index is 3.59. The van der Waals surface area contributed by atoms with Crippen molar-refractivity contribution in [3.05, 3.63) is 0 Å². The molecule has 3 amide bonds. The number of thiol groups is 1. The summed E-state index contributed by atoms with van der Waals surface area (Å²) in [5, 5.41) is 7.32. The molecule has 0 unspecified atom stereocenters. The van der Waals surface area contributed by atoms with Crippen LogP contribution in [0, 0.1) is 0 Å². The average molecular weight is 247 g/mol. The Morgan fingerprint density at radius 2 is 1.44 bits per heavy atom. The third kappa shape index (κ3) is 8.10. The fraction of sp³-hybridized carbons (Fsp3) is 0.667. The van der Waals surface area contributed by atoms with E-state index in [0.717, 1.165) is 0 Å². The van der Waals surface area contributed by atoms with Gasteiger partial charge in [0, 0.05) is 13.0 Å². The van der Waals surface area contributed by atoms with E-state index in [-0.39, 0.29) is 31.3 Å². The summed E-state index contributed by atoms with van der Waals surface area (Å²) in [6, 6.07) is 0.